The van der Waals surface area contributed by atoms with Crippen molar-refractivity contribution in [3.8, 4) is 28.4 Å². The highest BCUT2D eigenvalue weighted by molar-refractivity contribution is 7.07. The predicted octanol–water partition coefficient (Wildman–Crippen LogP) is 5.21. The molecule has 0 atom stereocenters. The van der Waals surface area contributed by atoms with Crippen LogP contribution in [-0.2, 0) is 0 Å². The van der Waals surface area contributed by atoms with Gasteiger partial charge in [-0.25, -0.2) is 4.99 Å². The van der Waals surface area contributed by atoms with Crippen LogP contribution in [0.5, 0.6) is 11.5 Å². The number of ether oxygens (including phenoxy) is 2. The minimum Gasteiger partial charge on any atom is -0.486 e. The van der Waals surface area contributed by atoms with Gasteiger partial charge in [-0.05, 0) is 42.5 Å². The van der Waals surface area contributed by atoms with Crippen LogP contribution in [0.25, 0.3) is 16.9 Å². The van der Waals surface area contributed by atoms with Gasteiger partial charge in [-0.1, -0.05) is 36.4 Å². The van der Waals surface area contributed by atoms with Gasteiger partial charge in [0.2, 0.25) is 0 Å². The number of hydrogen-bond acceptors (Lipinski definition) is 4. The van der Waals surface area contributed by atoms with E-state index >= 15 is 0 Å². The Hall–Kier alpha value is -3.31. The molecule has 0 unspecified atom stereocenters. The molecule has 0 fully saturated rings. The normalized spacial score (nSPS) is 13.5. The average Bonchev–Trinajstić information content (AvgIpc) is 3.18. The largest absolute Gasteiger partial charge is 0.486 e. The zero-order valence-corrected chi connectivity index (χ0v) is 15.9. The van der Waals surface area contributed by atoms with Crippen LogP contribution in [0.15, 0.2) is 89.2 Å². The van der Waals surface area contributed by atoms with Crippen LogP contribution in [0.3, 0.4) is 0 Å². The Morgan fingerprint density at radius 2 is 1.50 bits per heavy atom. The first-order valence-electron chi connectivity index (χ1n) is 9.14. The molecule has 5 rings (SSSR count). The number of benzene rings is 3. The Kier molecular flexibility index (Phi) is 4.43. The lowest BCUT2D eigenvalue weighted by Crippen LogP contribution is -2.16. The van der Waals surface area contributed by atoms with Gasteiger partial charge in [-0.15, -0.1) is 11.3 Å². The summed E-state index contributed by atoms with van der Waals surface area (Å²) in [6, 6.07) is 26.4. The molecule has 1 aromatic heterocycles. The number of fused-ring (bicyclic) bond motifs is 1. The minimum atomic E-state index is 0.577. The quantitative estimate of drug-likeness (QED) is 0.485. The molecular formula is C23H18N2O2S. The van der Waals surface area contributed by atoms with Crippen LogP contribution in [0.1, 0.15) is 0 Å². The van der Waals surface area contributed by atoms with E-state index in [9.17, 15) is 0 Å². The third-order valence-electron chi connectivity index (χ3n) is 4.54. The zero-order chi connectivity index (χ0) is 18.8. The zero-order valence-electron chi connectivity index (χ0n) is 15.1. The first-order chi connectivity index (χ1) is 13.9. The summed E-state index contributed by atoms with van der Waals surface area (Å²) in [5.41, 5.74) is 4.15. The summed E-state index contributed by atoms with van der Waals surface area (Å²) in [5, 5.41) is 2.14. The molecule has 4 aromatic rings. The van der Waals surface area contributed by atoms with Gasteiger partial charge in [-0.3, -0.25) is 4.57 Å². The summed E-state index contributed by atoms with van der Waals surface area (Å²) in [4.78, 5) is 5.80. The summed E-state index contributed by atoms with van der Waals surface area (Å²) in [5.74, 6) is 1.58. The second-order valence-electron chi connectivity index (χ2n) is 6.38. The van der Waals surface area contributed by atoms with E-state index in [1.54, 1.807) is 11.3 Å². The van der Waals surface area contributed by atoms with E-state index in [0.29, 0.717) is 13.2 Å². The van der Waals surface area contributed by atoms with E-state index in [4.69, 9.17) is 14.5 Å². The van der Waals surface area contributed by atoms with Gasteiger partial charge < -0.3 is 9.47 Å². The molecule has 4 nitrogen and oxygen atoms in total. The van der Waals surface area contributed by atoms with Crippen molar-refractivity contribution in [1.29, 1.82) is 0 Å². The lowest BCUT2D eigenvalue weighted by molar-refractivity contribution is 0.171. The Bertz CT molecular complexity index is 1160. The van der Waals surface area contributed by atoms with Gasteiger partial charge in [0.1, 0.15) is 13.2 Å². The van der Waals surface area contributed by atoms with Crippen molar-refractivity contribution in [1.82, 2.24) is 4.57 Å². The number of thiazole rings is 1. The second kappa shape index (κ2) is 7.37. The highest BCUT2D eigenvalue weighted by Crippen LogP contribution is 2.35. The summed E-state index contributed by atoms with van der Waals surface area (Å²) in [6.07, 6.45) is 0. The molecule has 0 saturated carbocycles. The predicted molar refractivity (Wildman–Crippen MR) is 112 cm³/mol. The summed E-state index contributed by atoms with van der Waals surface area (Å²) in [6.45, 7) is 1.17. The Balaban J connectivity index is 1.70. The molecule has 2 heterocycles. The van der Waals surface area contributed by atoms with E-state index in [2.05, 4.69) is 28.1 Å². The van der Waals surface area contributed by atoms with E-state index in [0.717, 1.165) is 38.9 Å². The van der Waals surface area contributed by atoms with E-state index < -0.39 is 0 Å². The van der Waals surface area contributed by atoms with Crippen LogP contribution in [0, 0.1) is 0 Å². The number of rotatable bonds is 3. The molecule has 0 N–H and O–H groups in total. The maximum Gasteiger partial charge on any atom is 0.195 e. The lowest BCUT2D eigenvalue weighted by atomic mass is 10.1. The molecule has 1 aliphatic heterocycles. The van der Waals surface area contributed by atoms with Gasteiger partial charge in [0.15, 0.2) is 16.3 Å². The molecule has 1 aliphatic rings. The van der Waals surface area contributed by atoms with Gasteiger partial charge in [-0.2, -0.15) is 0 Å². The highest BCUT2D eigenvalue weighted by atomic mass is 32.1. The molecular weight excluding hydrogens is 368 g/mol. The van der Waals surface area contributed by atoms with Gasteiger partial charge in [0, 0.05) is 16.6 Å². The van der Waals surface area contributed by atoms with Crippen molar-refractivity contribution in [3.63, 3.8) is 0 Å². The van der Waals surface area contributed by atoms with Crippen molar-refractivity contribution in [3.05, 3.63) is 89.0 Å². The van der Waals surface area contributed by atoms with Gasteiger partial charge >= 0.3 is 0 Å². The number of hydrogen-bond donors (Lipinski definition) is 0. The fraction of sp³-hybridized carbons (Fsp3) is 0.0870. The van der Waals surface area contributed by atoms with Gasteiger partial charge in [0.05, 0.1) is 11.4 Å². The monoisotopic (exact) mass is 386 g/mol. The molecule has 0 bridgehead atoms. The molecule has 0 spiro atoms. The maximum absolute atomic E-state index is 5.78. The molecule has 3 aromatic carbocycles. The molecule has 0 amide bonds. The average molecular weight is 386 g/mol. The molecule has 5 heteroatoms. The van der Waals surface area contributed by atoms with Crippen molar-refractivity contribution < 1.29 is 9.47 Å². The summed E-state index contributed by atoms with van der Waals surface area (Å²) >= 11 is 1.62. The Labute approximate surface area is 167 Å². The van der Waals surface area contributed by atoms with Crippen molar-refractivity contribution >= 4 is 17.0 Å². The second-order valence-corrected chi connectivity index (χ2v) is 7.22. The number of nitrogens with zero attached hydrogens (tertiary/aromatic N) is 2. The van der Waals surface area contributed by atoms with Crippen LogP contribution < -0.4 is 14.3 Å². The van der Waals surface area contributed by atoms with Crippen LogP contribution >= 0.6 is 11.3 Å². The SMILES string of the molecule is c1ccc(N=c2scc(-c3ccc4c(c3)OCCO4)n2-c2ccccc2)cc1. The van der Waals surface area contributed by atoms with E-state index in [1.165, 1.54) is 0 Å². The molecule has 138 valence electrons. The summed E-state index contributed by atoms with van der Waals surface area (Å²) < 4.78 is 13.6. The van der Waals surface area contributed by atoms with Crippen molar-refractivity contribution in [2.45, 2.75) is 0 Å². The molecule has 0 saturated heterocycles. The van der Waals surface area contributed by atoms with Gasteiger partial charge in [0.25, 0.3) is 0 Å². The number of aromatic nitrogens is 1. The standard InChI is InChI=1S/C23H18N2O2S/c1-3-7-18(8-4-1)24-23-25(19-9-5-2-6-10-19)20(16-28-23)17-11-12-21-22(15-17)27-14-13-26-21/h1-12,15-16H,13-14H2. The van der Waals surface area contributed by atoms with E-state index in [1.807, 2.05) is 60.7 Å². The van der Waals surface area contributed by atoms with Crippen molar-refractivity contribution in [2.24, 2.45) is 4.99 Å². The third kappa shape index (κ3) is 3.21. The topological polar surface area (TPSA) is 35.8 Å². The lowest BCUT2D eigenvalue weighted by Gasteiger charge is -2.19. The molecule has 0 aliphatic carbocycles. The Morgan fingerprint density at radius 3 is 2.29 bits per heavy atom. The minimum absolute atomic E-state index is 0.577. The first-order valence-corrected chi connectivity index (χ1v) is 10.0. The fourth-order valence-electron chi connectivity index (χ4n) is 3.23. The smallest absolute Gasteiger partial charge is 0.195 e. The van der Waals surface area contributed by atoms with Crippen LogP contribution in [0.4, 0.5) is 5.69 Å². The third-order valence-corrected chi connectivity index (χ3v) is 5.37. The fourth-order valence-corrected chi connectivity index (χ4v) is 4.16. The molecule has 0 radical (unpaired) electrons. The molecule has 28 heavy (non-hydrogen) atoms. The van der Waals surface area contributed by atoms with E-state index in [-0.39, 0.29) is 0 Å². The van der Waals surface area contributed by atoms with Crippen molar-refractivity contribution in [2.75, 3.05) is 13.2 Å². The Morgan fingerprint density at radius 1 is 0.786 bits per heavy atom. The summed E-state index contributed by atoms with van der Waals surface area (Å²) in [7, 11) is 0. The number of para-hydroxylation sites is 2. The maximum atomic E-state index is 5.78. The van der Waals surface area contributed by atoms with Crippen LogP contribution in [0.2, 0.25) is 0 Å². The highest BCUT2D eigenvalue weighted by Gasteiger charge is 2.16. The first kappa shape index (κ1) is 16.8. The van der Waals surface area contributed by atoms with Crippen LogP contribution in [-0.4, -0.2) is 17.8 Å².